The minimum atomic E-state index is -0.957. The molecule has 0 radical (unpaired) electrons. The molecule has 9 heteroatoms. The van der Waals surface area contributed by atoms with Gasteiger partial charge in [-0.05, 0) is 31.4 Å². The summed E-state index contributed by atoms with van der Waals surface area (Å²) in [6.07, 6.45) is 8.85. The number of fused-ring (bicyclic) bond motifs is 2. The van der Waals surface area contributed by atoms with Crippen LogP contribution in [-0.4, -0.2) is 80.4 Å². The van der Waals surface area contributed by atoms with E-state index in [1.807, 2.05) is 63.0 Å². The van der Waals surface area contributed by atoms with Crippen LogP contribution in [0.4, 0.5) is 5.69 Å². The number of aliphatic hydroxyl groups is 1. The van der Waals surface area contributed by atoms with E-state index in [1.54, 1.807) is 33.7 Å². The second-order valence-corrected chi connectivity index (χ2v) is 13.4. The van der Waals surface area contributed by atoms with Crippen molar-refractivity contribution in [1.82, 2.24) is 9.80 Å². The number of thioether (sulfide) groups is 1. The highest BCUT2D eigenvalue weighted by Gasteiger charge is 2.74. The molecule has 4 aliphatic heterocycles. The van der Waals surface area contributed by atoms with Crippen molar-refractivity contribution >= 4 is 46.8 Å². The number of nitrogens with zero attached hydrogens (tertiary/aromatic N) is 3. The lowest BCUT2D eigenvalue weighted by atomic mass is 9.74. The largest absolute Gasteiger partial charge is 0.394 e. The van der Waals surface area contributed by atoms with Crippen LogP contribution in [0.3, 0.4) is 0 Å². The molecule has 4 heterocycles. The van der Waals surface area contributed by atoms with E-state index in [9.17, 15) is 19.5 Å². The van der Waals surface area contributed by atoms with Crippen molar-refractivity contribution in [2.24, 2.45) is 17.8 Å². The van der Waals surface area contributed by atoms with Crippen LogP contribution in [0.25, 0.3) is 0 Å². The van der Waals surface area contributed by atoms with Gasteiger partial charge in [0, 0.05) is 24.4 Å². The molecule has 6 atom stereocenters. The van der Waals surface area contributed by atoms with Crippen LogP contribution in [0.2, 0.25) is 5.02 Å². The zero-order valence-corrected chi connectivity index (χ0v) is 23.9. The summed E-state index contributed by atoms with van der Waals surface area (Å²) in [5, 5.41) is 10.9. The Bertz CT molecular complexity index is 1200. The number of carbonyl (C=O) groups excluding carboxylic acids is 3. The van der Waals surface area contributed by atoms with Crippen LogP contribution in [0, 0.1) is 17.8 Å². The number of carbonyl (C=O) groups is 3. The minimum absolute atomic E-state index is 0.0409. The van der Waals surface area contributed by atoms with E-state index >= 15 is 0 Å². The molecule has 2 fully saturated rings. The lowest BCUT2D eigenvalue weighted by Crippen LogP contribution is -2.58. The van der Waals surface area contributed by atoms with Gasteiger partial charge >= 0.3 is 0 Å². The predicted molar refractivity (Wildman–Crippen MR) is 151 cm³/mol. The molecule has 0 saturated carbocycles. The summed E-state index contributed by atoms with van der Waals surface area (Å²) in [7, 11) is 0. The molecule has 0 aromatic heterocycles. The average molecular weight is 558 g/mol. The molecule has 3 amide bonds. The summed E-state index contributed by atoms with van der Waals surface area (Å²) in [6, 6.07) is 5.75. The van der Waals surface area contributed by atoms with Crippen LogP contribution in [0.5, 0.6) is 0 Å². The molecule has 1 N–H and O–H groups in total. The molecule has 5 rings (SSSR count). The first-order valence-corrected chi connectivity index (χ1v) is 14.6. The standard InChI is InChI=1S/C29H36ClN3O4S/c1-5-14-31-15-8-12-28(4)22(25(31)35)23-26(36)33(21(17-34)18(2)3)24-27(37)32(16-9-13-29(23,24)38-28)20-11-7-6-10-19(20)30/h6-13,18,21-24,34H,5,14-17H2,1-4H3/t21-,22+,23-,24?,28-,29-/m0/s1. The van der Waals surface area contributed by atoms with E-state index in [4.69, 9.17) is 11.6 Å². The van der Waals surface area contributed by atoms with Crippen molar-refractivity contribution in [2.75, 3.05) is 31.1 Å². The molecule has 1 unspecified atom stereocenters. The maximum Gasteiger partial charge on any atom is 0.251 e. The fraction of sp³-hybridized carbons (Fsp3) is 0.552. The van der Waals surface area contributed by atoms with Crippen LogP contribution in [-0.2, 0) is 14.4 Å². The van der Waals surface area contributed by atoms with Crippen LogP contribution >= 0.6 is 23.4 Å². The zero-order valence-electron chi connectivity index (χ0n) is 22.3. The highest BCUT2D eigenvalue weighted by Crippen LogP contribution is 2.66. The van der Waals surface area contributed by atoms with E-state index < -0.39 is 33.4 Å². The van der Waals surface area contributed by atoms with Crippen LogP contribution < -0.4 is 4.90 Å². The van der Waals surface area contributed by atoms with Crippen molar-refractivity contribution in [3.8, 4) is 0 Å². The lowest BCUT2D eigenvalue weighted by molar-refractivity contribution is -0.146. The Balaban J connectivity index is 1.69. The molecule has 204 valence electrons. The van der Waals surface area contributed by atoms with Gasteiger partial charge in [-0.25, -0.2) is 0 Å². The zero-order chi connectivity index (χ0) is 27.4. The summed E-state index contributed by atoms with van der Waals surface area (Å²) in [6.45, 7) is 9.10. The number of rotatable bonds is 6. The number of hydrogen-bond donors (Lipinski definition) is 1. The quantitative estimate of drug-likeness (QED) is 0.539. The number of likely N-dealkylation sites (tertiary alicyclic amines) is 1. The Kier molecular flexibility index (Phi) is 7.20. The number of halogens is 1. The number of benzene rings is 1. The third-order valence-electron chi connectivity index (χ3n) is 8.53. The fourth-order valence-corrected chi connectivity index (χ4v) is 9.23. The molecule has 4 aliphatic rings. The molecule has 1 aromatic carbocycles. The van der Waals surface area contributed by atoms with Crippen molar-refractivity contribution in [3.05, 3.63) is 53.6 Å². The maximum atomic E-state index is 14.6. The molecule has 2 saturated heterocycles. The van der Waals surface area contributed by atoms with E-state index in [1.165, 1.54) is 0 Å². The Morgan fingerprint density at radius 3 is 2.42 bits per heavy atom. The molecule has 7 nitrogen and oxygen atoms in total. The lowest BCUT2D eigenvalue weighted by Gasteiger charge is -2.41. The van der Waals surface area contributed by atoms with Crippen molar-refractivity contribution in [3.63, 3.8) is 0 Å². The first-order valence-electron chi connectivity index (χ1n) is 13.4. The Labute approximate surface area is 233 Å². The van der Waals surface area contributed by atoms with E-state index in [-0.39, 0.29) is 30.2 Å². The Morgan fingerprint density at radius 2 is 1.76 bits per heavy atom. The van der Waals surface area contributed by atoms with E-state index in [0.29, 0.717) is 30.3 Å². The van der Waals surface area contributed by atoms with Gasteiger partial charge in [0.15, 0.2) is 0 Å². The first kappa shape index (κ1) is 27.3. The van der Waals surface area contributed by atoms with E-state index in [0.717, 1.165) is 6.42 Å². The topological polar surface area (TPSA) is 81.2 Å². The highest BCUT2D eigenvalue weighted by atomic mass is 35.5. The number of anilines is 1. The third-order valence-corrected chi connectivity index (χ3v) is 10.6. The van der Waals surface area contributed by atoms with Crippen molar-refractivity contribution < 1.29 is 19.5 Å². The summed E-state index contributed by atoms with van der Waals surface area (Å²) in [4.78, 5) is 48.2. The second-order valence-electron chi connectivity index (χ2n) is 11.2. The third kappa shape index (κ3) is 3.94. The van der Waals surface area contributed by atoms with Gasteiger partial charge in [0.05, 0.1) is 39.9 Å². The average Bonchev–Trinajstić information content (AvgIpc) is 3.14. The Hall–Kier alpha value is -2.29. The van der Waals surface area contributed by atoms with Crippen molar-refractivity contribution in [2.45, 2.75) is 55.7 Å². The van der Waals surface area contributed by atoms with Gasteiger partial charge in [0.25, 0.3) is 5.91 Å². The van der Waals surface area contributed by atoms with Gasteiger partial charge in [-0.2, -0.15) is 0 Å². The molecule has 0 aliphatic carbocycles. The second kappa shape index (κ2) is 10.0. The van der Waals surface area contributed by atoms with Gasteiger partial charge in [-0.3, -0.25) is 14.4 Å². The monoisotopic (exact) mass is 557 g/mol. The fourth-order valence-electron chi connectivity index (χ4n) is 6.85. The van der Waals surface area contributed by atoms with Gasteiger partial charge in [-0.15, -0.1) is 11.8 Å². The van der Waals surface area contributed by atoms with Crippen LogP contribution in [0.1, 0.15) is 34.1 Å². The van der Waals surface area contributed by atoms with E-state index in [2.05, 4.69) is 6.08 Å². The number of hydrogen-bond acceptors (Lipinski definition) is 5. The predicted octanol–water partition coefficient (Wildman–Crippen LogP) is 3.76. The number of amides is 3. The number of aliphatic hydroxyl groups excluding tert-OH is 1. The Morgan fingerprint density at radius 1 is 1.05 bits per heavy atom. The van der Waals surface area contributed by atoms with Gasteiger partial charge in [0.1, 0.15) is 6.04 Å². The number of para-hydroxylation sites is 1. The SMILES string of the molecule is CCCN1CC=C[C@]2(C)S[C@]34C=CCN(c5ccccc5Cl)C(=O)C3N([C@@H](CO)C(C)C)C(=O)[C@@H]4[C@@H]2C1=O. The molecule has 1 spiro atoms. The van der Waals surface area contributed by atoms with Gasteiger partial charge in [-0.1, -0.05) is 68.8 Å². The first-order chi connectivity index (χ1) is 18.1. The van der Waals surface area contributed by atoms with Crippen molar-refractivity contribution in [1.29, 1.82) is 0 Å². The van der Waals surface area contributed by atoms with Gasteiger partial charge < -0.3 is 19.8 Å². The smallest absolute Gasteiger partial charge is 0.251 e. The maximum absolute atomic E-state index is 14.6. The molecular weight excluding hydrogens is 522 g/mol. The summed E-state index contributed by atoms with van der Waals surface area (Å²) in [5.74, 6) is -1.95. The molecule has 0 bridgehead atoms. The minimum Gasteiger partial charge on any atom is -0.394 e. The molecule has 38 heavy (non-hydrogen) atoms. The summed E-state index contributed by atoms with van der Waals surface area (Å²) < 4.78 is -1.61. The highest BCUT2D eigenvalue weighted by molar-refractivity contribution is 8.02. The van der Waals surface area contributed by atoms with Crippen LogP contribution in [0.15, 0.2) is 48.6 Å². The van der Waals surface area contributed by atoms with Gasteiger partial charge in [0.2, 0.25) is 11.8 Å². The normalized spacial score (nSPS) is 33.4. The summed E-state index contributed by atoms with van der Waals surface area (Å²) >= 11 is 8.09. The molecule has 1 aromatic rings. The molecular formula is C29H36ClN3O4S. The summed E-state index contributed by atoms with van der Waals surface area (Å²) in [5.41, 5.74) is 0.579.